The number of halogens is 3. The Bertz CT molecular complexity index is 172. The second-order valence-corrected chi connectivity index (χ2v) is 4.54. The van der Waals surface area contributed by atoms with E-state index in [-0.39, 0.29) is 0 Å². The van der Waals surface area contributed by atoms with Crippen LogP contribution in [0, 0.1) is 0 Å². The van der Waals surface area contributed by atoms with E-state index in [1.807, 2.05) is 0 Å². The predicted molar refractivity (Wildman–Crippen MR) is 38.6 cm³/mol. The Morgan fingerprint density at radius 3 is 2.00 bits per heavy atom. The van der Waals surface area contributed by atoms with E-state index in [9.17, 15) is 13.6 Å². The fourth-order valence-corrected chi connectivity index (χ4v) is 2.04. The van der Waals surface area contributed by atoms with Crippen LogP contribution in [0.15, 0.2) is 0 Å². The summed E-state index contributed by atoms with van der Waals surface area (Å²) in [6, 6.07) is 0. The minimum atomic E-state index is -2.75. The van der Waals surface area contributed by atoms with E-state index in [0.29, 0.717) is 0 Å². The summed E-state index contributed by atoms with van der Waals surface area (Å²) in [7, 11) is 0. The molecule has 0 unspecified atom stereocenters. The first-order chi connectivity index (χ1) is 4.36. The van der Waals surface area contributed by atoms with Crippen molar-refractivity contribution < 1.29 is 18.7 Å². The van der Waals surface area contributed by atoms with Crippen molar-refractivity contribution in [3.05, 3.63) is 0 Å². The van der Waals surface area contributed by atoms with Crippen LogP contribution in [-0.4, -0.2) is 20.4 Å². The minimum Gasteiger partial charge on any atom is -0.480 e. The molecule has 1 rings (SSSR count). The molecule has 0 saturated heterocycles. The van der Waals surface area contributed by atoms with Gasteiger partial charge in [-0.15, -0.1) is 0 Å². The van der Waals surface area contributed by atoms with Crippen LogP contribution in [0.25, 0.3) is 0 Å². The van der Waals surface area contributed by atoms with Gasteiger partial charge in [0.05, 0.1) is 0 Å². The van der Waals surface area contributed by atoms with Gasteiger partial charge in [0.1, 0.15) is 3.42 Å². The summed E-state index contributed by atoms with van der Waals surface area (Å²) < 4.78 is 23.0. The van der Waals surface area contributed by atoms with E-state index < -0.39 is 28.2 Å². The van der Waals surface area contributed by atoms with Gasteiger partial charge >= 0.3 is 5.97 Å². The van der Waals surface area contributed by atoms with Crippen molar-refractivity contribution in [1.29, 1.82) is 0 Å². The number of alkyl halides is 3. The highest BCUT2D eigenvalue weighted by atomic mass is 127. The number of hydrogen-bond acceptors (Lipinski definition) is 1. The molecule has 0 amide bonds. The van der Waals surface area contributed by atoms with Gasteiger partial charge < -0.3 is 5.11 Å². The topological polar surface area (TPSA) is 37.3 Å². The molecule has 0 heterocycles. The van der Waals surface area contributed by atoms with Crippen molar-refractivity contribution in [2.75, 3.05) is 0 Å². The Labute approximate surface area is 69.7 Å². The van der Waals surface area contributed by atoms with Crippen LogP contribution in [0.5, 0.6) is 0 Å². The Hall–Kier alpha value is 0.0600. The first-order valence-corrected chi connectivity index (χ1v) is 3.74. The van der Waals surface area contributed by atoms with E-state index in [2.05, 4.69) is 0 Å². The van der Waals surface area contributed by atoms with Crippen LogP contribution in [-0.2, 0) is 4.79 Å². The quantitative estimate of drug-likeness (QED) is 0.576. The molecule has 0 bridgehead atoms. The maximum absolute atomic E-state index is 12.1. The molecule has 0 spiro atoms. The Morgan fingerprint density at radius 2 is 1.90 bits per heavy atom. The number of carbonyl (C=O) groups is 1. The van der Waals surface area contributed by atoms with Gasteiger partial charge in [0, 0.05) is 12.8 Å². The average molecular weight is 262 g/mol. The highest BCUT2D eigenvalue weighted by Gasteiger charge is 2.59. The van der Waals surface area contributed by atoms with E-state index in [1.165, 1.54) is 0 Å². The van der Waals surface area contributed by atoms with E-state index in [4.69, 9.17) is 5.11 Å². The standard InChI is InChI=1S/C5H5F2IO2/c6-5(7)1-4(8,2-5)3(9)10/h1-2H2,(H,9,10). The lowest BCUT2D eigenvalue weighted by molar-refractivity contribution is -0.157. The molecular weight excluding hydrogens is 257 g/mol. The van der Waals surface area contributed by atoms with Crippen LogP contribution in [0.2, 0.25) is 0 Å². The molecule has 1 aliphatic rings. The van der Waals surface area contributed by atoms with Crippen LogP contribution in [0.4, 0.5) is 8.78 Å². The summed E-state index contributed by atoms with van der Waals surface area (Å²) in [5.41, 5.74) is 0. The summed E-state index contributed by atoms with van der Waals surface area (Å²) >= 11 is 1.56. The van der Waals surface area contributed by atoms with Crippen LogP contribution in [0.1, 0.15) is 12.8 Å². The predicted octanol–water partition coefficient (Wildman–Crippen LogP) is 1.67. The summed E-state index contributed by atoms with van der Waals surface area (Å²) in [5.74, 6) is -3.89. The zero-order valence-corrected chi connectivity index (χ0v) is 7.06. The number of aliphatic carboxylic acids is 1. The lowest BCUT2D eigenvalue weighted by atomic mass is 9.81. The van der Waals surface area contributed by atoms with Gasteiger partial charge in [0.15, 0.2) is 0 Å². The Morgan fingerprint density at radius 1 is 1.50 bits per heavy atom. The van der Waals surface area contributed by atoms with Crippen molar-refractivity contribution in [1.82, 2.24) is 0 Å². The van der Waals surface area contributed by atoms with Crippen molar-refractivity contribution in [2.45, 2.75) is 22.2 Å². The van der Waals surface area contributed by atoms with E-state index >= 15 is 0 Å². The molecule has 10 heavy (non-hydrogen) atoms. The maximum atomic E-state index is 12.1. The molecule has 58 valence electrons. The Balaban J connectivity index is 2.58. The zero-order valence-electron chi connectivity index (χ0n) is 4.90. The largest absolute Gasteiger partial charge is 0.480 e. The molecule has 1 saturated carbocycles. The molecule has 2 nitrogen and oxygen atoms in total. The first-order valence-electron chi connectivity index (χ1n) is 2.66. The average Bonchev–Trinajstić information content (AvgIpc) is 1.59. The molecular formula is C5H5F2IO2. The minimum absolute atomic E-state index is 0.532. The molecule has 1 aliphatic carbocycles. The van der Waals surface area contributed by atoms with E-state index in [0.717, 1.165) is 0 Å². The third-order valence-corrected chi connectivity index (χ3v) is 2.69. The number of carboxylic acid groups (broad SMARTS) is 1. The van der Waals surface area contributed by atoms with Crippen LogP contribution >= 0.6 is 22.6 Å². The number of hydrogen-bond donors (Lipinski definition) is 1. The fourth-order valence-electron chi connectivity index (χ4n) is 0.919. The summed E-state index contributed by atoms with van der Waals surface area (Å²) in [6.45, 7) is 0. The van der Waals surface area contributed by atoms with Gasteiger partial charge in [0.25, 0.3) is 5.92 Å². The van der Waals surface area contributed by atoms with Crippen molar-refractivity contribution in [3.63, 3.8) is 0 Å². The second-order valence-electron chi connectivity index (χ2n) is 2.48. The third kappa shape index (κ3) is 1.23. The Kier molecular flexibility index (Phi) is 1.65. The molecule has 0 aromatic rings. The monoisotopic (exact) mass is 262 g/mol. The van der Waals surface area contributed by atoms with Gasteiger partial charge in [-0.3, -0.25) is 4.79 Å². The van der Waals surface area contributed by atoms with Crippen LogP contribution < -0.4 is 0 Å². The highest BCUT2D eigenvalue weighted by molar-refractivity contribution is 14.1. The fraction of sp³-hybridized carbons (Fsp3) is 0.800. The molecule has 0 atom stereocenters. The van der Waals surface area contributed by atoms with Crippen molar-refractivity contribution >= 4 is 28.6 Å². The van der Waals surface area contributed by atoms with E-state index in [1.54, 1.807) is 22.6 Å². The lowest BCUT2D eigenvalue weighted by Gasteiger charge is -2.39. The summed E-state index contributed by atoms with van der Waals surface area (Å²) in [6.07, 6.45) is -1.06. The summed E-state index contributed by atoms with van der Waals surface area (Å²) in [5, 5.41) is 8.38. The van der Waals surface area contributed by atoms with Crippen LogP contribution in [0.3, 0.4) is 0 Å². The second kappa shape index (κ2) is 2.02. The first kappa shape index (κ1) is 8.16. The maximum Gasteiger partial charge on any atom is 0.320 e. The molecule has 5 heteroatoms. The third-order valence-electron chi connectivity index (χ3n) is 1.46. The molecule has 0 aromatic carbocycles. The van der Waals surface area contributed by atoms with Gasteiger partial charge in [-0.05, 0) is 0 Å². The highest BCUT2D eigenvalue weighted by Crippen LogP contribution is 2.51. The van der Waals surface area contributed by atoms with Gasteiger partial charge in [0.2, 0.25) is 0 Å². The van der Waals surface area contributed by atoms with Crippen molar-refractivity contribution in [3.8, 4) is 0 Å². The van der Waals surface area contributed by atoms with Crippen molar-refractivity contribution in [2.24, 2.45) is 0 Å². The normalized spacial score (nSPS) is 27.1. The number of rotatable bonds is 1. The number of carboxylic acids is 1. The summed E-state index contributed by atoms with van der Waals surface area (Å²) in [4.78, 5) is 10.3. The van der Waals surface area contributed by atoms with Gasteiger partial charge in [-0.25, -0.2) is 8.78 Å². The lowest BCUT2D eigenvalue weighted by Crippen LogP contribution is -2.52. The van der Waals surface area contributed by atoms with Gasteiger partial charge in [-0.2, -0.15) is 0 Å². The molecule has 0 radical (unpaired) electrons. The van der Waals surface area contributed by atoms with Gasteiger partial charge in [-0.1, -0.05) is 22.6 Å². The molecule has 0 aliphatic heterocycles. The molecule has 1 fully saturated rings. The smallest absolute Gasteiger partial charge is 0.320 e. The molecule has 1 N–H and O–H groups in total. The molecule has 0 aromatic heterocycles. The SMILES string of the molecule is O=C(O)C1(I)CC(F)(F)C1. The zero-order chi connectivity index (χ0) is 7.99.